The summed E-state index contributed by atoms with van der Waals surface area (Å²) in [6, 6.07) is 4.46. The van der Waals surface area contributed by atoms with Crippen molar-refractivity contribution < 1.29 is 9.53 Å². The molecule has 2 aromatic heterocycles. The van der Waals surface area contributed by atoms with Crippen molar-refractivity contribution in [2.24, 2.45) is 13.0 Å². The maximum Gasteiger partial charge on any atom is 0.220 e. The van der Waals surface area contributed by atoms with Gasteiger partial charge in [-0.1, -0.05) is 7.43 Å². The van der Waals surface area contributed by atoms with E-state index in [9.17, 15) is 4.79 Å². The summed E-state index contributed by atoms with van der Waals surface area (Å²) in [7, 11) is 1.94. The number of benzene rings is 1. The quantitative estimate of drug-likeness (QED) is 0.709. The number of fused-ring (bicyclic) bond motifs is 1. The second-order valence-electron chi connectivity index (χ2n) is 7.97. The van der Waals surface area contributed by atoms with E-state index in [-0.39, 0.29) is 25.4 Å². The Morgan fingerprint density at radius 1 is 1.24 bits per heavy atom. The fourth-order valence-electron chi connectivity index (χ4n) is 3.73. The number of ether oxygens (including phenoxy) is 1. The van der Waals surface area contributed by atoms with Crippen LogP contribution in [0.4, 0.5) is 0 Å². The molecule has 1 amide bonds. The number of nitrogens with zero attached hydrogens (tertiary/aromatic N) is 4. The van der Waals surface area contributed by atoms with Gasteiger partial charge < -0.3 is 10.1 Å². The van der Waals surface area contributed by atoms with Gasteiger partial charge in [0, 0.05) is 49.4 Å². The molecule has 1 fully saturated rings. The molecular weight excluding hydrogens is 366 g/mol. The summed E-state index contributed by atoms with van der Waals surface area (Å²) >= 11 is 0. The zero-order valence-electron chi connectivity index (χ0n) is 17.1. The molecule has 0 unspecified atom stereocenters. The molecule has 3 heterocycles. The van der Waals surface area contributed by atoms with Crippen molar-refractivity contribution in [3.05, 3.63) is 30.2 Å². The molecule has 1 aliphatic heterocycles. The Bertz CT molecular complexity index is 1030. The topological polar surface area (TPSA) is 74.0 Å². The van der Waals surface area contributed by atoms with Gasteiger partial charge >= 0.3 is 0 Å². The minimum absolute atomic E-state index is 0. The van der Waals surface area contributed by atoms with Gasteiger partial charge in [-0.25, -0.2) is 0 Å². The largest absolute Gasteiger partial charge is 0.490 e. The van der Waals surface area contributed by atoms with E-state index in [4.69, 9.17) is 4.74 Å². The SMILES string of the molecule is C.Cc1c2c(O[C@H](C)[C@H]3CNC(=O)C3)cc(-c3cnn(C(C)C)c3)cc2nn1C. The molecule has 0 saturated carbocycles. The average Bonchev–Trinajstić information content (AvgIpc) is 3.35. The molecule has 1 aromatic carbocycles. The number of hydrogen-bond donors (Lipinski definition) is 1. The van der Waals surface area contributed by atoms with Crippen molar-refractivity contribution in [2.75, 3.05) is 6.54 Å². The number of rotatable bonds is 5. The Hall–Kier alpha value is -2.83. The highest BCUT2D eigenvalue weighted by molar-refractivity contribution is 5.92. The lowest BCUT2D eigenvalue weighted by Crippen LogP contribution is -2.25. The summed E-state index contributed by atoms with van der Waals surface area (Å²) in [5.74, 6) is 1.08. The van der Waals surface area contributed by atoms with Crippen molar-refractivity contribution >= 4 is 16.8 Å². The van der Waals surface area contributed by atoms with Gasteiger partial charge in [0.2, 0.25) is 5.91 Å². The zero-order chi connectivity index (χ0) is 20.0. The second-order valence-corrected chi connectivity index (χ2v) is 7.97. The third-order valence-corrected chi connectivity index (χ3v) is 5.64. The standard InChI is InChI=1S/C21H27N5O2.CH4/c1-12(2)26-11-17(10-23-26)15-6-18-21(13(3)25(5)24-18)19(7-15)28-14(4)16-8-20(27)22-9-16;/h6-7,10-12,14,16H,8-9H2,1-5H3,(H,22,27);1H4/t14-,16-;/m1./s1. The van der Waals surface area contributed by atoms with Crippen LogP contribution in [-0.4, -0.2) is 38.1 Å². The van der Waals surface area contributed by atoms with Crippen LogP contribution < -0.4 is 10.1 Å². The number of carbonyl (C=O) groups is 1. The Balaban J connectivity index is 0.00000240. The summed E-state index contributed by atoms with van der Waals surface area (Å²) in [5.41, 5.74) is 4.02. The molecule has 0 radical (unpaired) electrons. The summed E-state index contributed by atoms with van der Waals surface area (Å²) in [4.78, 5) is 11.6. The number of aryl methyl sites for hydroxylation is 2. The van der Waals surface area contributed by atoms with Crippen LogP contribution in [0.15, 0.2) is 24.5 Å². The summed E-state index contributed by atoms with van der Waals surface area (Å²) in [5, 5.41) is 13.0. The van der Waals surface area contributed by atoms with E-state index < -0.39 is 0 Å². The van der Waals surface area contributed by atoms with E-state index in [1.54, 1.807) is 0 Å². The highest BCUT2D eigenvalue weighted by atomic mass is 16.5. The minimum Gasteiger partial charge on any atom is -0.490 e. The van der Waals surface area contributed by atoms with Gasteiger partial charge in [-0.3, -0.25) is 14.2 Å². The number of nitrogens with one attached hydrogen (secondary N) is 1. The van der Waals surface area contributed by atoms with Crippen LogP contribution in [0.1, 0.15) is 46.4 Å². The molecule has 7 heteroatoms. The fraction of sp³-hybridized carbons (Fsp3) is 0.500. The van der Waals surface area contributed by atoms with Crippen LogP contribution in [0.25, 0.3) is 22.0 Å². The third-order valence-electron chi connectivity index (χ3n) is 5.64. The van der Waals surface area contributed by atoms with E-state index in [0.717, 1.165) is 33.5 Å². The van der Waals surface area contributed by atoms with Crippen molar-refractivity contribution in [1.82, 2.24) is 24.9 Å². The summed E-state index contributed by atoms with van der Waals surface area (Å²) in [6.07, 6.45) is 4.37. The fourth-order valence-corrected chi connectivity index (χ4v) is 3.73. The molecule has 0 bridgehead atoms. The summed E-state index contributed by atoms with van der Waals surface area (Å²) in [6.45, 7) is 8.95. The average molecular weight is 398 g/mol. The van der Waals surface area contributed by atoms with Crippen LogP contribution >= 0.6 is 0 Å². The molecule has 1 aliphatic rings. The van der Waals surface area contributed by atoms with Crippen LogP contribution in [0.2, 0.25) is 0 Å². The van der Waals surface area contributed by atoms with Gasteiger partial charge in [-0.2, -0.15) is 10.2 Å². The van der Waals surface area contributed by atoms with Gasteiger partial charge in [0.25, 0.3) is 0 Å². The molecule has 156 valence electrons. The van der Waals surface area contributed by atoms with E-state index in [1.165, 1.54) is 0 Å². The lowest BCUT2D eigenvalue weighted by atomic mass is 10.0. The first-order valence-electron chi connectivity index (χ1n) is 9.78. The van der Waals surface area contributed by atoms with Crippen LogP contribution in [0.5, 0.6) is 5.75 Å². The number of hydrogen-bond acceptors (Lipinski definition) is 4. The normalized spacial score (nSPS) is 17.4. The molecule has 2 atom stereocenters. The first-order chi connectivity index (χ1) is 13.3. The third kappa shape index (κ3) is 3.86. The van der Waals surface area contributed by atoms with E-state index >= 15 is 0 Å². The Labute approximate surface area is 172 Å². The van der Waals surface area contributed by atoms with E-state index in [1.807, 2.05) is 42.7 Å². The molecule has 7 nitrogen and oxygen atoms in total. The van der Waals surface area contributed by atoms with Gasteiger partial charge in [0.15, 0.2) is 0 Å². The maximum absolute atomic E-state index is 11.6. The van der Waals surface area contributed by atoms with Gasteiger partial charge in [0.05, 0.1) is 17.1 Å². The van der Waals surface area contributed by atoms with E-state index in [2.05, 4.69) is 41.5 Å². The molecule has 29 heavy (non-hydrogen) atoms. The van der Waals surface area contributed by atoms with E-state index in [0.29, 0.717) is 19.0 Å². The highest BCUT2D eigenvalue weighted by Crippen LogP contribution is 2.35. The smallest absolute Gasteiger partial charge is 0.220 e. The van der Waals surface area contributed by atoms with Gasteiger partial charge in [-0.15, -0.1) is 0 Å². The Kier molecular flexibility index (Phi) is 5.68. The molecule has 3 aromatic rings. The lowest BCUT2D eigenvalue weighted by molar-refractivity contribution is -0.119. The number of amides is 1. The molecular formula is C22H31N5O2. The highest BCUT2D eigenvalue weighted by Gasteiger charge is 2.28. The molecule has 1 saturated heterocycles. The first kappa shape index (κ1) is 20.9. The van der Waals surface area contributed by atoms with Crippen LogP contribution in [0, 0.1) is 12.8 Å². The maximum atomic E-state index is 11.6. The van der Waals surface area contributed by atoms with Crippen molar-refractivity contribution in [2.45, 2.75) is 53.7 Å². The van der Waals surface area contributed by atoms with Crippen LogP contribution in [0.3, 0.4) is 0 Å². The monoisotopic (exact) mass is 397 g/mol. The molecule has 1 N–H and O–H groups in total. The number of aromatic nitrogens is 4. The van der Waals surface area contributed by atoms with Gasteiger partial charge in [0.1, 0.15) is 11.9 Å². The second kappa shape index (κ2) is 7.89. The van der Waals surface area contributed by atoms with Crippen molar-refractivity contribution in [3.8, 4) is 16.9 Å². The Morgan fingerprint density at radius 2 is 2.00 bits per heavy atom. The predicted octanol–water partition coefficient (Wildman–Crippen LogP) is 3.87. The molecule has 0 spiro atoms. The molecule has 0 aliphatic carbocycles. The number of carbonyl (C=O) groups excluding carboxylic acids is 1. The predicted molar refractivity (Wildman–Crippen MR) is 115 cm³/mol. The first-order valence-corrected chi connectivity index (χ1v) is 9.78. The Morgan fingerprint density at radius 3 is 2.62 bits per heavy atom. The van der Waals surface area contributed by atoms with Crippen molar-refractivity contribution in [1.29, 1.82) is 0 Å². The minimum atomic E-state index is -0.0737. The molecule has 4 rings (SSSR count). The lowest BCUT2D eigenvalue weighted by Gasteiger charge is -2.20. The zero-order valence-corrected chi connectivity index (χ0v) is 17.1. The van der Waals surface area contributed by atoms with Crippen LogP contribution in [-0.2, 0) is 11.8 Å². The van der Waals surface area contributed by atoms with Crippen molar-refractivity contribution in [3.63, 3.8) is 0 Å². The van der Waals surface area contributed by atoms with Gasteiger partial charge in [-0.05, 0) is 45.4 Å². The summed E-state index contributed by atoms with van der Waals surface area (Å²) < 4.78 is 10.2.